The molecule has 15 heavy (non-hydrogen) atoms. The molecular formula is C10H17NO3S. The normalized spacial score (nSPS) is 20.7. The van der Waals surface area contributed by atoms with E-state index in [0.717, 1.165) is 5.57 Å². The summed E-state index contributed by atoms with van der Waals surface area (Å²) in [6, 6.07) is 0.0108. The lowest BCUT2D eigenvalue weighted by atomic mass is 10.1. The van der Waals surface area contributed by atoms with Crippen LogP contribution in [0.5, 0.6) is 0 Å². The van der Waals surface area contributed by atoms with Gasteiger partial charge in [0.15, 0.2) is 0 Å². The van der Waals surface area contributed by atoms with Gasteiger partial charge in [-0.2, -0.15) is 0 Å². The molecule has 1 aliphatic heterocycles. The van der Waals surface area contributed by atoms with Crippen molar-refractivity contribution in [1.82, 2.24) is 5.32 Å². The van der Waals surface area contributed by atoms with Gasteiger partial charge < -0.3 is 5.32 Å². The maximum absolute atomic E-state index is 11.3. The maximum atomic E-state index is 11.3. The Kier molecular flexibility index (Phi) is 3.90. The average molecular weight is 231 g/mol. The Hall–Kier alpha value is -0.840. The second kappa shape index (κ2) is 4.79. The highest BCUT2D eigenvalue weighted by Crippen LogP contribution is 2.12. The van der Waals surface area contributed by atoms with E-state index < -0.39 is 9.84 Å². The van der Waals surface area contributed by atoms with Gasteiger partial charge in [-0.25, -0.2) is 8.42 Å². The molecule has 1 N–H and O–H groups in total. The topological polar surface area (TPSA) is 63.2 Å². The van der Waals surface area contributed by atoms with Crippen LogP contribution in [-0.2, 0) is 14.6 Å². The summed E-state index contributed by atoms with van der Waals surface area (Å²) in [7, 11) is -2.84. The van der Waals surface area contributed by atoms with Gasteiger partial charge in [0.05, 0.1) is 11.5 Å². The minimum atomic E-state index is -2.84. The van der Waals surface area contributed by atoms with Crippen molar-refractivity contribution < 1.29 is 13.2 Å². The van der Waals surface area contributed by atoms with Gasteiger partial charge in [-0.1, -0.05) is 5.57 Å². The fourth-order valence-electron chi connectivity index (χ4n) is 1.54. The van der Waals surface area contributed by atoms with Gasteiger partial charge in [-0.15, -0.1) is 0 Å². The Morgan fingerprint density at radius 2 is 1.80 bits per heavy atom. The van der Waals surface area contributed by atoms with Gasteiger partial charge in [0.1, 0.15) is 9.84 Å². The number of amides is 1. The molecule has 1 rings (SSSR count). The van der Waals surface area contributed by atoms with Crippen LogP contribution in [-0.4, -0.2) is 31.9 Å². The molecule has 0 radical (unpaired) electrons. The lowest BCUT2D eigenvalue weighted by Gasteiger charge is -2.22. The molecule has 1 amide bonds. The van der Waals surface area contributed by atoms with Gasteiger partial charge in [0.25, 0.3) is 0 Å². The lowest BCUT2D eigenvalue weighted by Crippen LogP contribution is -2.40. The molecule has 1 heterocycles. The predicted octanol–water partition coefficient (Wildman–Crippen LogP) is 0.646. The second-order valence-corrected chi connectivity index (χ2v) is 6.46. The second-order valence-electron chi connectivity index (χ2n) is 4.16. The number of carbonyl (C=O) groups is 1. The van der Waals surface area contributed by atoms with E-state index in [1.54, 1.807) is 0 Å². The van der Waals surface area contributed by atoms with Crippen LogP contribution >= 0.6 is 0 Å². The van der Waals surface area contributed by atoms with Crippen molar-refractivity contribution in [3.63, 3.8) is 0 Å². The minimum Gasteiger partial charge on any atom is -0.350 e. The lowest BCUT2D eigenvalue weighted by molar-refractivity contribution is -0.117. The van der Waals surface area contributed by atoms with E-state index >= 15 is 0 Å². The number of sulfone groups is 1. The molecule has 0 bridgehead atoms. The monoisotopic (exact) mass is 231 g/mol. The molecule has 0 aromatic carbocycles. The van der Waals surface area contributed by atoms with Crippen LogP contribution in [0.2, 0.25) is 0 Å². The molecule has 0 saturated carbocycles. The molecule has 1 saturated heterocycles. The van der Waals surface area contributed by atoms with E-state index in [2.05, 4.69) is 5.32 Å². The Bertz CT molecular complexity index is 352. The van der Waals surface area contributed by atoms with Crippen LogP contribution < -0.4 is 5.32 Å². The number of carbonyl (C=O) groups excluding carboxylic acids is 1. The summed E-state index contributed by atoms with van der Waals surface area (Å²) >= 11 is 0. The Morgan fingerprint density at radius 3 is 2.27 bits per heavy atom. The highest BCUT2D eigenvalue weighted by molar-refractivity contribution is 7.91. The highest BCUT2D eigenvalue weighted by atomic mass is 32.2. The molecule has 4 nitrogen and oxygen atoms in total. The number of rotatable bonds is 2. The predicted molar refractivity (Wildman–Crippen MR) is 59.2 cm³/mol. The van der Waals surface area contributed by atoms with Crippen LogP contribution in [0, 0.1) is 0 Å². The fourth-order valence-corrected chi connectivity index (χ4v) is 3.03. The summed E-state index contributed by atoms with van der Waals surface area (Å²) in [5, 5.41) is 2.81. The third-order valence-corrected chi connectivity index (χ3v) is 4.04. The smallest absolute Gasteiger partial charge is 0.244 e. The minimum absolute atomic E-state index is 0.0108. The molecule has 0 unspecified atom stereocenters. The molecule has 0 aromatic heterocycles. The van der Waals surface area contributed by atoms with Gasteiger partial charge in [-0.3, -0.25) is 4.79 Å². The largest absolute Gasteiger partial charge is 0.350 e. The van der Waals surface area contributed by atoms with Gasteiger partial charge in [0, 0.05) is 12.1 Å². The standard InChI is InChI=1S/C10H17NO3S/c1-8(2)7-10(12)11-9-3-5-15(13,14)6-4-9/h7,9H,3-6H2,1-2H3,(H,11,12). The zero-order chi connectivity index (χ0) is 11.5. The summed E-state index contributed by atoms with van der Waals surface area (Å²) in [6.07, 6.45) is 2.60. The van der Waals surface area contributed by atoms with Crippen molar-refractivity contribution in [2.45, 2.75) is 32.7 Å². The molecule has 86 valence electrons. The zero-order valence-electron chi connectivity index (χ0n) is 9.12. The van der Waals surface area contributed by atoms with Gasteiger partial charge in [0.2, 0.25) is 5.91 Å². The Balaban J connectivity index is 2.43. The van der Waals surface area contributed by atoms with E-state index in [0.29, 0.717) is 12.8 Å². The van der Waals surface area contributed by atoms with E-state index in [-0.39, 0.29) is 23.5 Å². The first-order valence-electron chi connectivity index (χ1n) is 5.05. The molecular weight excluding hydrogens is 214 g/mol. The first-order valence-corrected chi connectivity index (χ1v) is 6.87. The third-order valence-electron chi connectivity index (χ3n) is 2.32. The van der Waals surface area contributed by atoms with E-state index in [1.165, 1.54) is 6.08 Å². The molecule has 0 atom stereocenters. The molecule has 1 fully saturated rings. The molecule has 5 heteroatoms. The van der Waals surface area contributed by atoms with Crippen LogP contribution in [0.4, 0.5) is 0 Å². The number of nitrogens with one attached hydrogen (secondary N) is 1. The number of hydrogen-bond acceptors (Lipinski definition) is 3. The van der Waals surface area contributed by atoms with Crippen molar-refractivity contribution in [2.75, 3.05) is 11.5 Å². The van der Waals surface area contributed by atoms with E-state index in [1.807, 2.05) is 13.8 Å². The average Bonchev–Trinajstić information content (AvgIpc) is 2.07. The molecule has 0 aromatic rings. The van der Waals surface area contributed by atoms with Crippen molar-refractivity contribution in [3.8, 4) is 0 Å². The summed E-state index contributed by atoms with van der Waals surface area (Å²) in [5.74, 6) is 0.249. The number of hydrogen-bond donors (Lipinski definition) is 1. The third kappa shape index (κ3) is 4.46. The summed E-state index contributed by atoms with van der Waals surface area (Å²) in [5.41, 5.74) is 0.941. The van der Waals surface area contributed by atoms with Crippen LogP contribution in [0.3, 0.4) is 0 Å². The van der Waals surface area contributed by atoms with E-state index in [4.69, 9.17) is 0 Å². The highest BCUT2D eigenvalue weighted by Gasteiger charge is 2.23. The summed E-state index contributed by atoms with van der Waals surface area (Å²) in [6.45, 7) is 3.70. The zero-order valence-corrected chi connectivity index (χ0v) is 9.93. The first kappa shape index (κ1) is 12.2. The molecule has 1 aliphatic rings. The molecule has 0 aliphatic carbocycles. The van der Waals surface area contributed by atoms with Crippen molar-refractivity contribution >= 4 is 15.7 Å². The molecule has 0 spiro atoms. The Morgan fingerprint density at radius 1 is 1.27 bits per heavy atom. The number of allylic oxidation sites excluding steroid dienone is 1. The van der Waals surface area contributed by atoms with Crippen molar-refractivity contribution in [2.24, 2.45) is 0 Å². The van der Waals surface area contributed by atoms with Crippen LogP contribution in [0.1, 0.15) is 26.7 Å². The fraction of sp³-hybridized carbons (Fsp3) is 0.700. The maximum Gasteiger partial charge on any atom is 0.244 e. The van der Waals surface area contributed by atoms with Crippen LogP contribution in [0.15, 0.2) is 11.6 Å². The summed E-state index contributed by atoms with van der Waals surface area (Å²) in [4.78, 5) is 11.3. The summed E-state index contributed by atoms with van der Waals surface area (Å²) < 4.78 is 22.3. The van der Waals surface area contributed by atoms with Gasteiger partial charge >= 0.3 is 0 Å². The van der Waals surface area contributed by atoms with Gasteiger partial charge in [-0.05, 0) is 26.7 Å². The van der Waals surface area contributed by atoms with Crippen molar-refractivity contribution in [3.05, 3.63) is 11.6 Å². The van der Waals surface area contributed by atoms with Crippen LogP contribution in [0.25, 0.3) is 0 Å². The first-order chi connectivity index (χ1) is 6.89. The SMILES string of the molecule is CC(C)=CC(=O)NC1CCS(=O)(=O)CC1. The van der Waals surface area contributed by atoms with E-state index in [9.17, 15) is 13.2 Å². The van der Waals surface area contributed by atoms with Crippen molar-refractivity contribution in [1.29, 1.82) is 0 Å². The quantitative estimate of drug-likeness (QED) is 0.710. The Labute approximate surface area is 90.7 Å².